The van der Waals surface area contributed by atoms with E-state index in [0.29, 0.717) is 38.8 Å². The molecule has 1 aliphatic carbocycles. The van der Waals surface area contributed by atoms with Crippen molar-refractivity contribution >= 4 is 0 Å². The third-order valence-corrected chi connectivity index (χ3v) is 9.29. The van der Waals surface area contributed by atoms with Gasteiger partial charge in [0, 0.05) is 12.3 Å². The lowest BCUT2D eigenvalue weighted by Gasteiger charge is -2.25. The first-order valence-electron chi connectivity index (χ1n) is 17.1. The van der Waals surface area contributed by atoms with Crippen molar-refractivity contribution in [3.63, 3.8) is 0 Å². The number of rotatable bonds is 20. The largest absolute Gasteiger partial charge is 0.497 e. The molecule has 2 aromatic carbocycles. The third-order valence-electron chi connectivity index (χ3n) is 9.29. The number of methoxy groups -OCH3 is 2. The average Bonchev–Trinajstić information content (AvgIpc) is 3.70. The molecular formula is C38H56O7. The second-order valence-electron chi connectivity index (χ2n) is 12.8. The van der Waals surface area contributed by atoms with Crippen LogP contribution in [-0.4, -0.2) is 57.1 Å². The maximum absolute atomic E-state index is 11.3. The summed E-state index contributed by atoms with van der Waals surface area (Å²) in [6, 6.07) is 16.1. The fourth-order valence-corrected chi connectivity index (χ4v) is 6.57. The van der Waals surface area contributed by atoms with Gasteiger partial charge >= 0.3 is 0 Å². The summed E-state index contributed by atoms with van der Waals surface area (Å²) in [4.78, 5) is 0. The van der Waals surface area contributed by atoms with Crippen molar-refractivity contribution in [3.8, 4) is 11.5 Å². The summed E-state index contributed by atoms with van der Waals surface area (Å²) in [5.41, 5.74) is 2.22. The van der Waals surface area contributed by atoms with Crippen LogP contribution in [0.5, 0.6) is 11.5 Å². The van der Waals surface area contributed by atoms with Gasteiger partial charge < -0.3 is 33.5 Å². The summed E-state index contributed by atoms with van der Waals surface area (Å²) in [5.74, 6) is 2.47. The van der Waals surface area contributed by atoms with Crippen molar-refractivity contribution in [3.05, 3.63) is 71.8 Å². The van der Waals surface area contributed by atoms with Crippen molar-refractivity contribution in [2.45, 2.75) is 109 Å². The van der Waals surface area contributed by atoms with Crippen molar-refractivity contribution in [2.24, 2.45) is 17.8 Å². The number of unbranched alkanes of at least 4 members (excludes halogenated alkanes) is 2. The summed E-state index contributed by atoms with van der Waals surface area (Å²) in [6.07, 6.45) is 13.1. The number of hydrogen-bond acceptors (Lipinski definition) is 7. The number of ether oxygens (including phenoxy) is 6. The van der Waals surface area contributed by atoms with Gasteiger partial charge in [0.15, 0.2) is 6.29 Å². The maximum Gasteiger partial charge on any atom is 0.157 e. The van der Waals surface area contributed by atoms with E-state index in [1.54, 1.807) is 14.2 Å². The molecule has 6 atom stereocenters. The predicted molar refractivity (Wildman–Crippen MR) is 177 cm³/mol. The molecule has 0 unspecified atom stereocenters. The predicted octanol–water partition coefficient (Wildman–Crippen LogP) is 7.88. The standard InChI is InChI=1S/C38H56O7/c1-5-6-9-28(2)24-33(44-26-29-12-16-31(40-3)17-13-29)20-21-35-34(10-7-8-11-38-42-22-23-43-38)36(39)25-37(35)45-27-30-14-18-32(41-4)19-15-30/h12-21,28,33-39H,5-11,22-27H2,1-4H3/b21-20+/t28-,33+,34+,35+,36-,37+/m0/s1. The van der Waals surface area contributed by atoms with Crippen LogP contribution in [0.15, 0.2) is 60.7 Å². The molecule has 1 heterocycles. The number of benzene rings is 2. The second kappa shape index (κ2) is 19.3. The van der Waals surface area contributed by atoms with Crippen molar-refractivity contribution in [2.75, 3.05) is 27.4 Å². The Balaban J connectivity index is 1.45. The Morgan fingerprint density at radius 3 is 2.11 bits per heavy atom. The molecule has 0 amide bonds. The Labute approximate surface area is 271 Å². The molecule has 4 rings (SSSR count). The van der Waals surface area contributed by atoms with Gasteiger partial charge in [-0.05, 0) is 72.9 Å². The Kier molecular flexibility index (Phi) is 15.2. The molecule has 0 spiro atoms. The Morgan fingerprint density at radius 2 is 1.49 bits per heavy atom. The van der Waals surface area contributed by atoms with Gasteiger partial charge in [-0.25, -0.2) is 0 Å². The third kappa shape index (κ3) is 11.7. The molecule has 1 saturated carbocycles. The van der Waals surface area contributed by atoms with E-state index in [2.05, 4.69) is 38.1 Å². The monoisotopic (exact) mass is 624 g/mol. The lowest BCUT2D eigenvalue weighted by Crippen LogP contribution is -2.23. The fourth-order valence-electron chi connectivity index (χ4n) is 6.57. The highest BCUT2D eigenvalue weighted by Crippen LogP contribution is 2.40. The summed E-state index contributed by atoms with van der Waals surface area (Å²) in [6.45, 7) is 6.98. The van der Waals surface area contributed by atoms with E-state index in [1.165, 1.54) is 19.3 Å². The van der Waals surface area contributed by atoms with Gasteiger partial charge in [-0.15, -0.1) is 0 Å². The van der Waals surface area contributed by atoms with Crippen LogP contribution in [-0.2, 0) is 32.2 Å². The number of aliphatic hydroxyl groups excluding tert-OH is 1. The van der Waals surface area contributed by atoms with Crippen LogP contribution < -0.4 is 9.47 Å². The molecule has 0 radical (unpaired) electrons. The van der Waals surface area contributed by atoms with Crippen molar-refractivity contribution in [1.82, 2.24) is 0 Å². The smallest absolute Gasteiger partial charge is 0.157 e. The fraction of sp³-hybridized carbons (Fsp3) is 0.632. The summed E-state index contributed by atoms with van der Waals surface area (Å²) in [5, 5.41) is 11.3. The molecule has 0 bridgehead atoms. The summed E-state index contributed by atoms with van der Waals surface area (Å²) >= 11 is 0. The molecule has 2 fully saturated rings. The lowest BCUT2D eigenvalue weighted by atomic mass is 9.87. The molecule has 7 nitrogen and oxygen atoms in total. The van der Waals surface area contributed by atoms with Crippen LogP contribution in [0, 0.1) is 17.8 Å². The Morgan fingerprint density at radius 1 is 0.867 bits per heavy atom. The Hall–Kier alpha value is -2.42. The molecule has 1 aliphatic heterocycles. The highest BCUT2D eigenvalue weighted by Gasteiger charge is 2.41. The quantitative estimate of drug-likeness (QED) is 0.119. The zero-order chi connectivity index (χ0) is 31.9. The molecule has 2 aliphatic rings. The molecule has 45 heavy (non-hydrogen) atoms. The van der Waals surface area contributed by atoms with E-state index in [-0.39, 0.29) is 30.3 Å². The van der Waals surface area contributed by atoms with Crippen LogP contribution in [0.1, 0.15) is 82.8 Å². The molecular weight excluding hydrogens is 568 g/mol. The molecule has 250 valence electrons. The van der Waals surface area contributed by atoms with E-state index in [4.69, 9.17) is 28.4 Å². The van der Waals surface area contributed by atoms with E-state index >= 15 is 0 Å². The summed E-state index contributed by atoms with van der Waals surface area (Å²) < 4.78 is 35.0. The van der Waals surface area contributed by atoms with E-state index in [9.17, 15) is 5.11 Å². The van der Waals surface area contributed by atoms with Gasteiger partial charge in [0.05, 0.1) is 59.0 Å². The normalized spacial score (nSPS) is 23.5. The van der Waals surface area contributed by atoms with Crippen LogP contribution in [0.3, 0.4) is 0 Å². The molecule has 1 N–H and O–H groups in total. The van der Waals surface area contributed by atoms with Gasteiger partial charge in [0.25, 0.3) is 0 Å². The summed E-state index contributed by atoms with van der Waals surface area (Å²) in [7, 11) is 3.36. The highest BCUT2D eigenvalue weighted by molar-refractivity contribution is 5.27. The number of aliphatic hydroxyl groups is 1. The number of hydrogen-bond donors (Lipinski definition) is 1. The lowest BCUT2D eigenvalue weighted by molar-refractivity contribution is -0.0483. The first-order chi connectivity index (χ1) is 22.0. The highest BCUT2D eigenvalue weighted by atomic mass is 16.7. The van der Waals surface area contributed by atoms with Crippen molar-refractivity contribution in [1.29, 1.82) is 0 Å². The zero-order valence-electron chi connectivity index (χ0n) is 27.9. The second-order valence-corrected chi connectivity index (χ2v) is 12.8. The van der Waals surface area contributed by atoms with Crippen LogP contribution in [0.25, 0.3) is 0 Å². The minimum Gasteiger partial charge on any atom is -0.497 e. The van der Waals surface area contributed by atoms with Gasteiger partial charge in [-0.2, -0.15) is 0 Å². The van der Waals surface area contributed by atoms with E-state index in [0.717, 1.165) is 54.7 Å². The van der Waals surface area contributed by atoms with E-state index < -0.39 is 6.10 Å². The molecule has 0 aromatic heterocycles. The molecule has 1 saturated heterocycles. The SMILES string of the molecule is CCCC[C@H](C)C[C@@H](/C=C/[C@@H]1[C@@H](CCCCC2OCCO2)[C@@H](O)C[C@H]1OCc1ccc(OC)cc1)OCc1ccc(OC)cc1. The topological polar surface area (TPSA) is 75.6 Å². The molecule has 7 heteroatoms. The average molecular weight is 625 g/mol. The van der Waals surface area contributed by atoms with Crippen molar-refractivity contribution < 1.29 is 33.5 Å². The van der Waals surface area contributed by atoms with Gasteiger partial charge in [0.2, 0.25) is 0 Å². The van der Waals surface area contributed by atoms with Crippen LogP contribution in [0.4, 0.5) is 0 Å². The zero-order valence-corrected chi connectivity index (χ0v) is 27.9. The van der Waals surface area contributed by atoms with E-state index in [1.807, 2.05) is 36.4 Å². The first-order valence-corrected chi connectivity index (χ1v) is 17.1. The van der Waals surface area contributed by atoms with Crippen LogP contribution >= 0.6 is 0 Å². The van der Waals surface area contributed by atoms with Gasteiger partial charge in [-0.1, -0.05) is 75.9 Å². The maximum atomic E-state index is 11.3. The minimum atomic E-state index is -0.401. The Bertz CT molecular complexity index is 1100. The first kappa shape index (κ1) is 35.4. The molecule has 2 aromatic rings. The van der Waals surface area contributed by atoms with Gasteiger partial charge in [0.1, 0.15) is 11.5 Å². The minimum absolute atomic E-state index is 0.0174. The van der Waals surface area contributed by atoms with Crippen LogP contribution in [0.2, 0.25) is 0 Å². The van der Waals surface area contributed by atoms with Gasteiger partial charge in [-0.3, -0.25) is 0 Å².